The summed E-state index contributed by atoms with van der Waals surface area (Å²) in [6.45, 7) is 6.60. The van der Waals surface area contributed by atoms with Crippen molar-refractivity contribution in [3.05, 3.63) is 57.3 Å². The van der Waals surface area contributed by atoms with Gasteiger partial charge in [0, 0.05) is 11.6 Å². The number of halogens is 1. The van der Waals surface area contributed by atoms with Crippen LogP contribution >= 0.6 is 23.4 Å². The number of methoxy groups -OCH3 is 1. The Morgan fingerprint density at radius 3 is 2.73 bits per heavy atom. The highest BCUT2D eigenvalue weighted by atomic mass is 35.5. The number of aryl methyl sites for hydroxylation is 1. The zero-order valence-electron chi connectivity index (χ0n) is 17.4. The number of aromatic nitrogens is 2. The van der Waals surface area contributed by atoms with Crippen LogP contribution in [0.2, 0.25) is 5.02 Å². The molecule has 0 unspecified atom stereocenters. The first-order chi connectivity index (χ1) is 14.3. The Hall–Kier alpha value is -2.51. The Morgan fingerprint density at radius 2 is 2.03 bits per heavy atom. The van der Waals surface area contributed by atoms with Gasteiger partial charge in [-0.3, -0.25) is 14.2 Å². The Kier molecular flexibility index (Phi) is 7.05. The molecule has 1 heterocycles. The molecule has 0 saturated carbocycles. The number of benzene rings is 2. The molecule has 2 aromatic carbocycles. The van der Waals surface area contributed by atoms with E-state index in [1.165, 1.54) is 16.3 Å². The number of fused-ring (bicyclic) bond motifs is 1. The van der Waals surface area contributed by atoms with Crippen LogP contribution in [0.15, 0.2) is 46.3 Å². The van der Waals surface area contributed by atoms with Gasteiger partial charge in [-0.1, -0.05) is 43.3 Å². The number of amides is 1. The van der Waals surface area contributed by atoms with Crippen molar-refractivity contribution in [1.29, 1.82) is 0 Å². The fourth-order valence-electron chi connectivity index (χ4n) is 2.92. The lowest BCUT2D eigenvalue weighted by Gasteiger charge is -2.16. The van der Waals surface area contributed by atoms with Gasteiger partial charge in [-0.15, -0.1) is 0 Å². The molecule has 0 spiro atoms. The van der Waals surface area contributed by atoms with Crippen molar-refractivity contribution < 1.29 is 9.53 Å². The second-order valence-corrected chi connectivity index (χ2v) is 8.74. The first-order valence-electron chi connectivity index (χ1n) is 9.57. The van der Waals surface area contributed by atoms with Gasteiger partial charge in [0.2, 0.25) is 5.91 Å². The molecule has 3 aromatic rings. The highest BCUT2D eigenvalue weighted by Gasteiger charge is 2.18. The molecule has 0 saturated heterocycles. The van der Waals surface area contributed by atoms with Gasteiger partial charge < -0.3 is 10.1 Å². The number of carbonyl (C=O) groups excluding carboxylic acids is 1. The van der Waals surface area contributed by atoms with Crippen LogP contribution in [-0.2, 0) is 4.79 Å². The van der Waals surface area contributed by atoms with Gasteiger partial charge in [-0.05, 0) is 48.7 Å². The zero-order valence-corrected chi connectivity index (χ0v) is 18.9. The largest absolute Gasteiger partial charge is 0.495 e. The highest BCUT2D eigenvalue weighted by Crippen LogP contribution is 2.28. The summed E-state index contributed by atoms with van der Waals surface area (Å²) in [5.41, 5.74) is 1.79. The molecule has 0 radical (unpaired) electrons. The second kappa shape index (κ2) is 9.53. The van der Waals surface area contributed by atoms with Gasteiger partial charge in [-0.25, -0.2) is 4.98 Å². The van der Waals surface area contributed by atoms with Crippen LogP contribution in [0.5, 0.6) is 5.75 Å². The van der Waals surface area contributed by atoms with Crippen LogP contribution in [0.4, 0.5) is 0 Å². The fraction of sp³-hybridized carbons (Fsp3) is 0.318. The fourth-order valence-corrected chi connectivity index (χ4v) is 3.92. The molecule has 8 heteroatoms. The molecule has 1 aromatic heterocycles. The molecule has 0 aliphatic carbocycles. The second-order valence-electron chi connectivity index (χ2n) is 7.36. The van der Waals surface area contributed by atoms with Gasteiger partial charge in [0.25, 0.3) is 5.56 Å². The zero-order chi connectivity index (χ0) is 21.8. The Balaban J connectivity index is 2.12. The van der Waals surface area contributed by atoms with E-state index < -0.39 is 0 Å². The Labute approximate surface area is 184 Å². The number of thioether (sulfide) groups is 1. The molecule has 0 fully saturated rings. The molecule has 158 valence electrons. The van der Waals surface area contributed by atoms with Crippen molar-refractivity contribution in [3.8, 4) is 11.4 Å². The van der Waals surface area contributed by atoms with E-state index in [1.807, 2.05) is 39.0 Å². The lowest BCUT2D eigenvalue weighted by Crippen LogP contribution is -2.29. The van der Waals surface area contributed by atoms with E-state index in [0.717, 1.165) is 5.56 Å². The number of ether oxygens (including phenoxy) is 1. The minimum atomic E-state index is -0.245. The predicted octanol–water partition coefficient (Wildman–Crippen LogP) is 4.22. The van der Waals surface area contributed by atoms with Crippen LogP contribution in [0, 0.1) is 12.8 Å². The van der Waals surface area contributed by atoms with Gasteiger partial charge in [0.15, 0.2) is 5.16 Å². The maximum Gasteiger partial charge on any atom is 0.266 e. The first kappa shape index (κ1) is 22.2. The van der Waals surface area contributed by atoms with E-state index in [-0.39, 0.29) is 17.2 Å². The average molecular weight is 446 g/mol. The van der Waals surface area contributed by atoms with Gasteiger partial charge in [0.1, 0.15) is 5.75 Å². The lowest BCUT2D eigenvalue weighted by molar-refractivity contribution is -0.118. The molecular weight excluding hydrogens is 422 g/mol. The third-order valence-corrected chi connectivity index (χ3v) is 5.59. The van der Waals surface area contributed by atoms with E-state index in [1.54, 1.807) is 25.3 Å². The van der Waals surface area contributed by atoms with E-state index in [2.05, 4.69) is 10.3 Å². The molecule has 3 rings (SSSR count). The van der Waals surface area contributed by atoms with Crippen LogP contribution in [0.1, 0.15) is 19.4 Å². The summed E-state index contributed by atoms with van der Waals surface area (Å²) in [4.78, 5) is 30.3. The molecule has 1 amide bonds. The number of carbonyl (C=O) groups is 1. The summed E-state index contributed by atoms with van der Waals surface area (Å²) < 4.78 is 6.99. The lowest BCUT2D eigenvalue weighted by atomic mass is 10.2. The number of nitrogens with one attached hydrogen (secondary N) is 1. The highest BCUT2D eigenvalue weighted by molar-refractivity contribution is 7.99. The normalized spacial score (nSPS) is 11.1. The summed E-state index contributed by atoms with van der Waals surface area (Å²) in [6.07, 6.45) is 0. The van der Waals surface area contributed by atoms with Gasteiger partial charge in [-0.2, -0.15) is 0 Å². The molecule has 30 heavy (non-hydrogen) atoms. The monoisotopic (exact) mass is 445 g/mol. The SMILES string of the molecule is COc1ccc(C)cc1-n1c(SCC(=O)NCC(C)C)nc2cc(Cl)ccc2c1=O. The summed E-state index contributed by atoms with van der Waals surface area (Å²) in [5.74, 6) is 0.926. The Morgan fingerprint density at radius 1 is 1.27 bits per heavy atom. The number of hydrogen-bond acceptors (Lipinski definition) is 5. The summed E-state index contributed by atoms with van der Waals surface area (Å²) in [6, 6.07) is 10.6. The van der Waals surface area contributed by atoms with E-state index >= 15 is 0 Å². The van der Waals surface area contributed by atoms with E-state index in [0.29, 0.717) is 45.0 Å². The summed E-state index contributed by atoms with van der Waals surface area (Å²) in [7, 11) is 1.56. The maximum atomic E-state index is 13.4. The molecule has 0 aliphatic heterocycles. The third kappa shape index (κ3) is 4.96. The van der Waals surface area contributed by atoms with Crippen LogP contribution in [0.25, 0.3) is 16.6 Å². The molecule has 0 aliphatic rings. The minimum absolute atomic E-state index is 0.114. The predicted molar refractivity (Wildman–Crippen MR) is 122 cm³/mol. The van der Waals surface area contributed by atoms with Crippen LogP contribution < -0.4 is 15.6 Å². The topological polar surface area (TPSA) is 73.2 Å². The van der Waals surface area contributed by atoms with Gasteiger partial charge >= 0.3 is 0 Å². The van der Waals surface area contributed by atoms with Crippen molar-refractivity contribution in [3.63, 3.8) is 0 Å². The molecule has 0 atom stereocenters. The number of nitrogens with zero attached hydrogens (tertiary/aromatic N) is 2. The number of hydrogen-bond donors (Lipinski definition) is 1. The van der Waals surface area contributed by atoms with Crippen molar-refractivity contribution >= 4 is 40.2 Å². The van der Waals surface area contributed by atoms with Crippen molar-refractivity contribution in [2.75, 3.05) is 19.4 Å². The van der Waals surface area contributed by atoms with Crippen molar-refractivity contribution in [1.82, 2.24) is 14.9 Å². The smallest absolute Gasteiger partial charge is 0.266 e. The first-order valence-corrected chi connectivity index (χ1v) is 10.9. The summed E-state index contributed by atoms with van der Waals surface area (Å²) >= 11 is 7.31. The standard InChI is InChI=1S/C22H24ClN3O3S/c1-13(2)11-24-20(27)12-30-22-25-17-10-15(23)6-7-16(17)21(28)26(22)18-9-14(3)5-8-19(18)29-4/h5-10,13H,11-12H2,1-4H3,(H,24,27). The average Bonchev–Trinajstić information content (AvgIpc) is 2.70. The van der Waals surface area contributed by atoms with Crippen molar-refractivity contribution in [2.45, 2.75) is 25.9 Å². The third-order valence-electron chi connectivity index (χ3n) is 4.42. The molecule has 6 nitrogen and oxygen atoms in total. The summed E-state index contributed by atoms with van der Waals surface area (Å²) in [5, 5.41) is 4.22. The molecular formula is C22H24ClN3O3S. The van der Waals surface area contributed by atoms with Crippen LogP contribution in [0.3, 0.4) is 0 Å². The van der Waals surface area contributed by atoms with Crippen molar-refractivity contribution in [2.24, 2.45) is 5.92 Å². The number of rotatable bonds is 7. The maximum absolute atomic E-state index is 13.4. The molecule has 0 bridgehead atoms. The quantitative estimate of drug-likeness (QED) is 0.435. The van der Waals surface area contributed by atoms with E-state index in [4.69, 9.17) is 16.3 Å². The van der Waals surface area contributed by atoms with Crippen LogP contribution in [-0.4, -0.2) is 34.9 Å². The Bertz CT molecular complexity index is 1140. The van der Waals surface area contributed by atoms with E-state index in [9.17, 15) is 9.59 Å². The minimum Gasteiger partial charge on any atom is -0.495 e. The molecule has 1 N–H and O–H groups in total. The van der Waals surface area contributed by atoms with Gasteiger partial charge in [0.05, 0.1) is 29.5 Å².